The molecular formula is C18H21NO4S. The lowest BCUT2D eigenvalue weighted by molar-refractivity contribution is 0.0741. The topological polar surface area (TPSA) is 63.7 Å². The minimum absolute atomic E-state index is 0.131. The largest absolute Gasteiger partial charge is 0.496 e. The molecule has 0 heterocycles. The number of nitrogens with zero attached hydrogens (tertiary/aromatic N) is 1. The highest BCUT2D eigenvalue weighted by Gasteiger charge is 2.22. The molecule has 2 aromatic carbocycles. The summed E-state index contributed by atoms with van der Waals surface area (Å²) in [5.41, 5.74) is 1.22. The van der Waals surface area contributed by atoms with Crippen LogP contribution >= 0.6 is 0 Å². The van der Waals surface area contributed by atoms with E-state index in [1.165, 1.54) is 12.1 Å². The van der Waals surface area contributed by atoms with Crippen LogP contribution in [0.4, 0.5) is 0 Å². The Bertz CT molecular complexity index is 846. The third kappa shape index (κ3) is 3.76. The van der Waals surface area contributed by atoms with Crippen molar-refractivity contribution in [1.29, 1.82) is 0 Å². The monoisotopic (exact) mass is 347 g/mol. The van der Waals surface area contributed by atoms with Gasteiger partial charge in [-0.05, 0) is 31.2 Å². The van der Waals surface area contributed by atoms with Crippen molar-refractivity contribution in [2.75, 3.05) is 20.4 Å². The third-order valence-corrected chi connectivity index (χ3v) is 5.11. The zero-order valence-corrected chi connectivity index (χ0v) is 15.0. The molecule has 1 amide bonds. The van der Waals surface area contributed by atoms with Crippen LogP contribution in [0.15, 0.2) is 53.4 Å². The predicted octanol–water partition coefficient (Wildman–Crippen LogP) is 2.93. The zero-order chi connectivity index (χ0) is 17.9. The summed E-state index contributed by atoms with van der Waals surface area (Å²) in [5, 5.41) is 0. The van der Waals surface area contributed by atoms with Crippen molar-refractivity contribution in [3.63, 3.8) is 0 Å². The number of carbonyl (C=O) groups is 1. The van der Waals surface area contributed by atoms with Crippen molar-refractivity contribution in [3.05, 3.63) is 59.7 Å². The Morgan fingerprint density at radius 3 is 2.42 bits per heavy atom. The summed E-state index contributed by atoms with van der Waals surface area (Å²) in [4.78, 5) is 14.4. The molecule has 0 saturated carbocycles. The van der Waals surface area contributed by atoms with E-state index >= 15 is 0 Å². The van der Waals surface area contributed by atoms with Crippen LogP contribution in [0.3, 0.4) is 0 Å². The Labute approximate surface area is 142 Å². The molecule has 0 radical (unpaired) electrons. The molecular weight excluding hydrogens is 326 g/mol. The summed E-state index contributed by atoms with van der Waals surface area (Å²) in [6, 6.07) is 13.3. The van der Waals surface area contributed by atoms with E-state index in [1.54, 1.807) is 31.2 Å². The van der Waals surface area contributed by atoms with Crippen LogP contribution in [-0.2, 0) is 9.84 Å². The van der Waals surface area contributed by atoms with Gasteiger partial charge in [0.25, 0.3) is 5.91 Å². The lowest BCUT2D eigenvalue weighted by atomic mass is 10.0. The highest BCUT2D eigenvalue weighted by molar-refractivity contribution is 7.90. The second kappa shape index (κ2) is 7.05. The third-order valence-electron chi connectivity index (χ3n) is 4.00. The van der Waals surface area contributed by atoms with Crippen molar-refractivity contribution in [3.8, 4) is 5.75 Å². The summed E-state index contributed by atoms with van der Waals surface area (Å²) in [5.74, 6) is 0.452. The molecule has 0 aromatic heterocycles. The van der Waals surface area contributed by atoms with Gasteiger partial charge in [0, 0.05) is 24.4 Å². The standard InChI is InChI=1S/C18H21NO4S/c1-13(16-10-5-6-11-17(16)23-3)19(2)18(20)14-8-7-9-15(12-14)24(4,21)22/h5-13H,1-4H3/t13-/m0/s1. The van der Waals surface area contributed by atoms with Crippen LogP contribution < -0.4 is 4.74 Å². The number of sulfone groups is 1. The molecule has 0 saturated heterocycles. The molecule has 6 heteroatoms. The van der Waals surface area contributed by atoms with E-state index in [2.05, 4.69) is 0 Å². The average molecular weight is 347 g/mol. The van der Waals surface area contributed by atoms with Gasteiger partial charge in [-0.25, -0.2) is 8.42 Å². The molecule has 5 nitrogen and oxygen atoms in total. The molecule has 24 heavy (non-hydrogen) atoms. The highest BCUT2D eigenvalue weighted by atomic mass is 32.2. The van der Waals surface area contributed by atoms with Crippen LogP contribution in [0, 0.1) is 0 Å². The zero-order valence-electron chi connectivity index (χ0n) is 14.2. The first kappa shape index (κ1) is 18.0. The summed E-state index contributed by atoms with van der Waals surface area (Å²) in [7, 11) is -0.0850. The molecule has 0 aliphatic carbocycles. The predicted molar refractivity (Wildman–Crippen MR) is 93.1 cm³/mol. The summed E-state index contributed by atoms with van der Waals surface area (Å²) < 4.78 is 28.7. The highest BCUT2D eigenvalue weighted by Crippen LogP contribution is 2.29. The van der Waals surface area contributed by atoms with Gasteiger partial charge in [-0.3, -0.25) is 4.79 Å². The van der Waals surface area contributed by atoms with Crippen LogP contribution in [0.25, 0.3) is 0 Å². The smallest absolute Gasteiger partial charge is 0.254 e. The van der Waals surface area contributed by atoms with Gasteiger partial charge in [-0.15, -0.1) is 0 Å². The van der Waals surface area contributed by atoms with Crippen LogP contribution in [0.1, 0.15) is 28.9 Å². The van der Waals surface area contributed by atoms with Gasteiger partial charge < -0.3 is 9.64 Å². The number of rotatable bonds is 5. The van der Waals surface area contributed by atoms with Crippen molar-refractivity contribution in [2.24, 2.45) is 0 Å². The maximum absolute atomic E-state index is 12.7. The average Bonchev–Trinajstić information content (AvgIpc) is 2.59. The number of para-hydroxylation sites is 1. The number of methoxy groups -OCH3 is 1. The molecule has 0 fully saturated rings. The minimum Gasteiger partial charge on any atom is -0.496 e. The van der Waals surface area contributed by atoms with E-state index in [0.29, 0.717) is 11.3 Å². The fraction of sp³-hybridized carbons (Fsp3) is 0.278. The van der Waals surface area contributed by atoms with E-state index < -0.39 is 9.84 Å². The van der Waals surface area contributed by atoms with Gasteiger partial charge in [0.2, 0.25) is 0 Å². The number of carbonyl (C=O) groups excluding carboxylic acids is 1. The van der Waals surface area contributed by atoms with Gasteiger partial charge in [0.05, 0.1) is 18.0 Å². The second-order valence-corrected chi connectivity index (χ2v) is 7.65. The normalized spacial score (nSPS) is 12.5. The summed E-state index contributed by atoms with van der Waals surface area (Å²) >= 11 is 0. The molecule has 0 aliphatic heterocycles. The molecule has 0 unspecified atom stereocenters. The van der Waals surface area contributed by atoms with Crippen molar-refractivity contribution < 1.29 is 17.9 Å². The molecule has 0 spiro atoms. The lowest BCUT2D eigenvalue weighted by Crippen LogP contribution is -2.30. The van der Waals surface area contributed by atoms with E-state index in [1.807, 2.05) is 31.2 Å². The molecule has 2 rings (SSSR count). The van der Waals surface area contributed by atoms with Crippen molar-refractivity contribution in [2.45, 2.75) is 17.9 Å². The first-order chi connectivity index (χ1) is 11.3. The van der Waals surface area contributed by atoms with Gasteiger partial charge in [-0.1, -0.05) is 24.3 Å². The van der Waals surface area contributed by atoms with Crippen molar-refractivity contribution in [1.82, 2.24) is 4.90 Å². The van der Waals surface area contributed by atoms with Crippen molar-refractivity contribution >= 4 is 15.7 Å². The molecule has 0 bridgehead atoms. The Balaban J connectivity index is 2.33. The molecule has 2 aromatic rings. The minimum atomic E-state index is -3.36. The Morgan fingerprint density at radius 2 is 1.79 bits per heavy atom. The van der Waals surface area contributed by atoms with Gasteiger partial charge >= 0.3 is 0 Å². The molecule has 1 atom stereocenters. The number of amides is 1. The Morgan fingerprint density at radius 1 is 1.12 bits per heavy atom. The SMILES string of the molecule is COc1ccccc1[C@H](C)N(C)C(=O)c1cccc(S(C)(=O)=O)c1. The number of hydrogen-bond donors (Lipinski definition) is 0. The maximum atomic E-state index is 12.7. The maximum Gasteiger partial charge on any atom is 0.254 e. The Hall–Kier alpha value is -2.34. The summed E-state index contributed by atoms with van der Waals surface area (Å²) in [6.45, 7) is 1.90. The first-order valence-corrected chi connectivity index (χ1v) is 9.35. The second-order valence-electron chi connectivity index (χ2n) is 5.63. The number of benzene rings is 2. The molecule has 128 valence electrons. The van der Waals surface area contributed by atoms with Crippen LogP contribution in [-0.4, -0.2) is 39.6 Å². The quantitative estimate of drug-likeness (QED) is 0.834. The summed E-state index contributed by atoms with van der Waals surface area (Å²) in [6.07, 6.45) is 1.12. The number of hydrogen-bond acceptors (Lipinski definition) is 4. The van der Waals surface area contributed by atoms with E-state index in [-0.39, 0.29) is 16.8 Å². The van der Waals surface area contributed by atoms with E-state index in [0.717, 1.165) is 11.8 Å². The Kier molecular flexibility index (Phi) is 5.29. The van der Waals surface area contributed by atoms with Crippen LogP contribution in [0.5, 0.6) is 5.75 Å². The van der Waals surface area contributed by atoms with E-state index in [4.69, 9.17) is 4.74 Å². The van der Waals surface area contributed by atoms with Crippen LogP contribution in [0.2, 0.25) is 0 Å². The fourth-order valence-electron chi connectivity index (χ4n) is 2.46. The van der Waals surface area contributed by atoms with E-state index in [9.17, 15) is 13.2 Å². The first-order valence-electron chi connectivity index (χ1n) is 7.46. The van der Waals surface area contributed by atoms with Gasteiger partial charge in [0.15, 0.2) is 9.84 Å². The molecule has 0 N–H and O–H groups in total. The lowest BCUT2D eigenvalue weighted by Gasteiger charge is -2.26. The van der Waals surface area contributed by atoms with Gasteiger partial charge in [0.1, 0.15) is 5.75 Å². The molecule has 0 aliphatic rings. The number of ether oxygens (including phenoxy) is 1. The fourth-order valence-corrected chi connectivity index (χ4v) is 3.13. The van der Waals surface area contributed by atoms with Gasteiger partial charge in [-0.2, -0.15) is 0 Å².